The second-order valence-electron chi connectivity index (χ2n) is 21.4. The Labute approximate surface area is 500 Å². The van der Waals surface area contributed by atoms with Crippen LogP contribution in [0.5, 0.6) is 23.0 Å². The number of allylic oxidation sites excluding steroid dienone is 4. The van der Waals surface area contributed by atoms with E-state index in [1.165, 1.54) is 66.6 Å². The molecule has 0 saturated heterocycles. The fourth-order valence-electron chi connectivity index (χ4n) is 9.99. The average molecular weight is 1210 g/mol. The number of benzene rings is 2. The molecule has 0 aromatic heterocycles. The lowest BCUT2D eigenvalue weighted by Crippen LogP contribution is -2.37. The highest BCUT2D eigenvalue weighted by molar-refractivity contribution is 6.05. The molecule has 12 N–H and O–H groups in total. The maximum absolute atomic E-state index is 13.5. The predicted molar refractivity (Wildman–Crippen MR) is 321 cm³/mol. The molecule has 472 valence electrons. The second-order valence-corrected chi connectivity index (χ2v) is 21.4. The Morgan fingerprint density at radius 1 is 0.605 bits per heavy atom. The molecule has 4 bridgehead atoms. The topological polar surface area (TPSA) is 381 Å². The van der Waals surface area contributed by atoms with Gasteiger partial charge in [-0.05, 0) is 76.4 Å². The second kappa shape index (κ2) is 33.6. The number of phenolic OH excluding ortho intramolecular Hbond substituents is 4. The van der Waals surface area contributed by atoms with Crippen molar-refractivity contribution in [3.05, 3.63) is 94.2 Å². The molecule has 0 saturated carbocycles. The summed E-state index contributed by atoms with van der Waals surface area (Å²) in [7, 11) is 5.67. The van der Waals surface area contributed by atoms with Gasteiger partial charge in [0.15, 0.2) is 12.2 Å². The van der Waals surface area contributed by atoms with Crippen LogP contribution in [-0.4, -0.2) is 164 Å². The number of carbonyl (C=O) groups is 5. The maximum Gasteiger partial charge on any atom is 0.509 e. The zero-order valence-electron chi connectivity index (χ0n) is 50.6. The number of nitrogens with two attached hydrogens (primary N) is 2. The monoisotopic (exact) mass is 1200 g/mol. The van der Waals surface area contributed by atoms with E-state index >= 15 is 0 Å². The van der Waals surface area contributed by atoms with Crippen molar-refractivity contribution in [2.24, 2.45) is 45.1 Å². The number of aliphatic hydroxyl groups excluding tert-OH is 2. The molecule has 0 spiro atoms. The van der Waals surface area contributed by atoms with Crippen molar-refractivity contribution in [1.82, 2.24) is 0 Å². The van der Waals surface area contributed by atoms with Gasteiger partial charge in [-0.2, -0.15) is 0 Å². The number of methoxy groups -OCH3 is 4. The first-order chi connectivity index (χ1) is 40.6. The average Bonchev–Trinajstić information content (AvgIpc) is 2.54. The number of hydrogen-bond donors (Lipinski definition) is 10. The number of aliphatic imine (C=N–C) groups is 2. The number of fused-ring (bicyclic) bond motifs is 4. The van der Waals surface area contributed by atoms with Crippen LogP contribution in [0.4, 0.5) is 37.1 Å². The van der Waals surface area contributed by atoms with Gasteiger partial charge in [-0.3, -0.25) is 19.6 Å². The third-order valence-electron chi connectivity index (χ3n) is 14.6. The summed E-state index contributed by atoms with van der Waals surface area (Å²) in [6.07, 6.45) is 4.46. The molecule has 0 radical (unpaired) electrons. The minimum Gasteiger partial charge on any atom is -0.506 e. The Morgan fingerprint density at radius 2 is 0.965 bits per heavy atom. The Hall–Kier alpha value is -8.07. The summed E-state index contributed by atoms with van der Waals surface area (Å²) >= 11 is 0. The number of rotatable bonds is 12. The molecule has 2 aromatic carbocycles. The third-order valence-corrected chi connectivity index (χ3v) is 14.6. The first-order valence-corrected chi connectivity index (χ1v) is 27.7. The number of amides is 4. The maximum atomic E-state index is 13.5. The molecule has 0 fully saturated rings. The van der Waals surface area contributed by atoms with Gasteiger partial charge in [0.1, 0.15) is 59.8 Å². The Bertz CT molecular complexity index is 2770. The van der Waals surface area contributed by atoms with Gasteiger partial charge in [0.05, 0.1) is 35.8 Å². The van der Waals surface area contributed by atoms with E-state index in [0.29, 0.717) is 11.1 Å². The summed E-state index contributed by atoms with van der Waals surface area (Å²) in [6, 6.07) is 2.21. The number of nitrogens with one attached hydrogen (secondary N) is 2. The number of primary amides is 2. The molecule has 86 heavy (non-hydrogen) atoms. The Morgan fingerprint density at radius 3 is 1.29 bits per heavy atom. The highest BCUT2D eigenvalue weighted by Gasteiger charge is 2.33. The molecular weight excluding hydrogens is 1120 g/mol. The number of anilines is 2. The summed E-state index contributed by atoms with van der Waals surface area (Å²) in [5.41, 5.74) is 11.9. The molecule has 12 atom stereocenters. The van der Waals surface area contributed by atoms with Crippen molar-refractivity contribution in [3.63, 3.8) is 0 Å². The molecule has 2 aliphatic heterocycles. The number of aliphatic hydroxyl groups is 2. The summed E-state index contributed by atoms with van der Waals surface area (Å²) < 4.78 is 44.0. The van der Waals surface area contributed by atoms with Crippen molar-refractivity contribution in [2.75, 3.05) is 52.3 Å². The summed E-state index contributed by atoms with van der Waals surface area (Å²) in [5, 5.41) is 74.5. The molecule has 25 nitrogen and oxygen atoms in total. The quantitative estimate of drug-likeness (QED) is 0.0243. The van der Waals surface area contributed by atoms with Gasteiger partial charge < -0.3 is 90.6 Å². The number of nitrogens with zero attached hydrogens (tertiary/aromatic N) is 2. The molecule has 25 heteroatoms. The molecule has 4 rings (SSSR count). The third kappa shape index (κ3) is 20.0. The lowest BCUT2D eigenvalue weighted by Gasteiger charge is -2.29. The smallest absolute Gasteiger partial charge is 0.506 e. The van der Waals surface area contributed by atoms with Gasteiger partial charge in [-0.25, -0.2) is 14.4 Å². The van der Waals surface area contributed by atoms with Crippen molar-refractivity contribution in [3.8, 4) is 23.0 Å². The lowest BCUT2D eigenvalue weighted by atomic mass is 9.87. The SMILES string of the molecule is CO[C@H]1C=CC=C(C)C(=O)Nc2cc(O)c(N=CCOC(=O)OCC=Nc3c(O)cc4c(O)c3C[C@@H](C)C[C@H](OC)[C@H](O)[C@@H](C)C=C(C)[C@H](OC(N)=O)[C@@H](OC)C=CC=C(C)C(=O)N4)c(c2O)C[C@@H](C)C[C@H](OC)[C@H](O)[C@@H](C)C=C(C)[C@@H]1OC(N)=O. The van der Waals surface area contributed by atoms with Crippen LogP contribution in [0.1, 0.15) is 79.4 Å². The van der Waals surface area contributed by atoms with E-state index < -0.39 is 127 Å². The van der Waals surface area contributed by atoms with E-state index in [4.69, 9.17) is 49.4 Å². The van der Waals surface area contributed by atoms with Gasteiger partial charge >= 0.3 is 18.3 Å². The zero-order chi connectivity index (χ0) is 64.1. The molecule has 0 unspecified atom stereocenters. The van der Waals surface area contributed by atoms with Gasteiger partial charge in [0.2, 0.25) is 0 Å². The number of hydrogen-bond acceptors (Lipinski definition) is 21. The number of carbonyl (C=O) groups excluding carboxylic acids is 5. The largest absolute Gasteiger partial charge is 0.509 e. The highest BCUT2D eigenvalue weighted by atomic mass is 16.7. The molecular formula is C61H84N6O19. The van der Waals surface area contributed by atoms with Crippen LogP contribution in [0.2, 0.25) is 0 Å². The highest BCUT2D eigenvalue weighted by Crippen LogP contribution is 2.46. The van der Waals surface area contributed by atoms with Crippen LogP contribution in [0.15, 0.2) is 93.0 Å². The van der Waals surface area contributed by atoms with Crippen LogP contribution in [0.25, 0.3) is 0 Å². The van der Waals surface area contributed by atoms with Gasteiger partial charge in [0, 0.05) is 87.1 Å². The zero-order valence-corrected chi connectivity index (χ0v) is 50.6. The first-order valence-electron chi connectivity index (χ1n) is 27.7. The van der Waals surface area contributed by atoms with E-state index in [0.717, 1.165) is 24.6 Å². The van der Waals surface area contributed by atoms with Crippen molar-refractivity contribution >= 4 is 65.3 Å². The molecule has 2 aromatic rings. The predicted octanol–water partition coefficient (Wildman–Crippen LogP) is 7.69. The lowest BCUT2D eigenvalue weighted by molar-refractivity contribution is -0.113. The van der Waals surface area contributed by atoms with Crippen LogP contribution >= 0.6 is 0 Å². The minimum atomic E-state index is -1.18. The minimum absolute atomic E-state index is 0.0257. The van der Waals surface area contributed by atoms with Crippen LogP contribution < -0.4 is 22.1 Å². The molecule has 0 aliphatic carbocycles. The number of aromatic hydroxyl groups is 4. The van der Waals surface area contributed by atoms with Crippen LogP contribution in [-0.2, 0) is 60.3 Å². The Kier molecular flexibility index (Phi) is 27.5. The fourth-order valence-corrected chi connectivity index (χ4v) is 9.99. The van der Waals surface area contributed by atoms with E-state index in [2.05, 4.69) is 20.6 Å². The Balaban J connectivity index is 1.60. The van der Waals surface area contributed by atoms with Crippen LogP contribution in [0, 0.1) is 23.7 Å². The summed E-state index contributed by atoms with van der Waals surface area (Å²) in [6.45, 7) is 12.5. The van der Waals surface area contributed by atoms with Gasteiger partial charge in [0.25, 0.3) is 11.8 Å². The summed E-state index contributed by atoms with van der Waals surface area (Å²) in [5.74, 6) is -4.94. The van der Waals surface area contributed by atoms with E-state index in [1.54, 1.807) is 52.0 Å². The normalized spacial score (nSPS) is 26.2. The number of phenols is 4. The van der Waals surface area contributed by atoms with Crippen molar-refractivity contribution in [2.45, 2.75) is 130 Å². The summed E-state index contributed by atoms with van der Waals surface area (Å²) in [4.78, 5) is 72.4. The molecule has 2 aliphatic rings. The molecule has 2 heterocycles. The standard InChI is InChI=1S/C61H84N6O19/c1-31-23-39-49(43(68)29-41(53(39)72)66-57(74)33(3)15-13-17-45(79-9)55(85-59(62)76)37(7)27-35(5)51(70)47(25-31)81-11)64-19-21-83-61(78)84-22-20-65-50-40-24-32(2)26-48(82-12)52(71)36(6)28-38(8)56(86-60(63)77)46(80-10)18-14-16-34(4)58(75)67-42(54(40)73)30-44(50)69/h13-20,27-32,35-36,45-48,51-52,55-56,68-73H,21-26H2,1-12H3,(H2,62,76)(H2,63,77)(H,66,74)(H,67,75)/t31-,32-,35+,36+,45+,46+,47+,48+,51-,52-,55+,56+/m1/s1. The number of ether oxygens (including phenoxy) is 8. The molecule has 4 amide bonds. The van der Waals surface area contributed by atoms with Crippen molar-refractivity contribution < 1.29 is 92.5 Å². The van der Waals surface area contributed by atoms with Gasteiger partial charge in [-0.15, -0.1) is 0 Å². The van der Waals surface area contributed by atoms with E-state index in [1.807, 2.05) is 13.8 Å². The van der Waals surface area contributed by atoms with Crippen molar-refractivity contribution in [1.29, 1.82) is 0 Å². The fraction of sp³-hybridized carbons (Fsp3) is 0.492. The van der Waals surface area contributed by atoms with Crippen LogP contribution in [0.3, 0.4) is 0 Å². The first kappa shape index (κ1) is 70.4. The van der Waals surface area contributed by atoms with Gasteiger partial charge in [-0.1, -0.05) is 76.3 Å². The van der Waals surface area contributed by atoms with E-state index in [9.17, 15) is 54.6 Å². The van der Waals surface area contributed by atoms with E-state index in [-0.39, 0.29) is 82.5 Å².